The number of rotatable bonds is 5. The molecular formula is C14H23NO. The maximum Gasteiger partial charge on any atom is 0.0608 e. The predicted octanol–water partition coefficient (Wildman–Crippen LogP) is 3.13. The van der Waals surface area contributed by atoms with E-state index >= 15 is 0 Å². The molecule has 0 saturated heterocycles. The number of hydrogen-bond donors (Lipinski definition) is 2. The minimum Gasteiger partial charge on any atom is -0.390 e. The van der Waals surface area contributed by atoms with Crippen LogP contribution < -0.4 is 5.32 Å². The summed E-state index contributed by atoms with van der Waals surface area (Å²) in [4.78, 5) is 0. The van der Waals surface area contributed by atoms with Gasteiger partial charge in [0.05, 0.1) is 5.60 Å². The van der Waals surface area contributed by atoms with E-state index in [1.54, 1.807) is 0 Å². The molecule has 2 heteroatoms. The van der Waals surface area contributed by atoms with Gasteiger partial charge >= 0.3 is 0 Å². The van der Waals surface area contributed by atoms with Gasteiger partial charge in [-0.2, -0.15) is 0 Å². The summed E-state index contributed by atoms with van der Waals surface area (Å²) in [5.74, 6) is 0. The maximum atomic E-state index is 9.65. The zero-order valence-electron chi connectivity index (χ0n) is 10.8. The Morgan fingerprint density at radius 2 is 2.00 bits per heavy atom. The molecule has 0 aliphatic carbocycles. The largest absolute Gasteiger partial charge is 0.390 e. The van der Waals surface area contributed by atoms with Crippen LogP contribution in [0.15, 0.2) is 18.2 Å². The number of nitrogens with one attached hydrogen (secondary N) is 1. The molecule has 90 valence electrons. The summed E-state index contributed by atoms with van der Waals surface area (Å²) < 4.78 is 0. The van der Waals surface area contributed by atoms with Crippen LogP contribution in [0.5, 0.6) is 0 Å². The molecule has 0 aliphatic heterocycles. The summed E-state index contributed by atoms with van der Waals surface area (Å²) in [5.41, 5.74) is 3.25. The number of aryl methyl sites for hydroxylation is 2. The van der Waals surface area contributed by atoms with Crippen molar-refractivity contribution in [2.45, 2.75) is 46.1 Å². The topological polar surface area (TPSA) is 32.3 Å². The zero-order valence-corrected chi connectivity index (χ0v) is 10.8. The number of para-hydroxylation sites is 1. The first kappa shape index (κ1) is 13.0. The molecule has 0 unspecified atom stereocenters. The van der Waals surface area contributed by atoms with E-state index in [9.17, 15) is 5.11 Å². The molecule has 0 bridgehead atoms. The Kier molecular flexibility index (Phi) is 4.36. The van der Waals surface area contributed by atoms with Crippen LogP contribution in [-0.2, 0) is 6.42 Å². The van der Waals surface area contributed by atoms with Crippen LogP contribution >= 0.6 is 0 Å². The molecule has 0 spiro atoms. The number of aliphatic hydroxyl groups is 1. The van der Waals surface area contributed by atoms with Crippen molar-refractivity contribution < 1.29 is 5.11 Å². The highest BCUT2D eigenvalue weighted by Crippen LogP contribution is 2.21. The van der Waals surface area contributed by atoms with E-state index in [0.717, 1.165) is 19.4 Å². The average molecular weight is 221 g/mol. The molecule has 1 aromatic rings. The van der Waals surface area contributed by atoms with Gasteiger partial charge in [-0.05, 0) is 44.7 Å². The smallest absolute Gasteiger partial charge is 0.0608 e. The Balaban J connectivity index is 2.66. The van der Waals surface area contributed by atoms with Crippen molar-refractivity contribution >= 4 is 5.69 Å². The molecule has 0 radical (unpaired) electrons. The summed E-state index contributed by atoms with van der Waals surface area (Å²) in [6, 6.07) is 6.36. The molecule has 0 aliphatic rings. The summed E-state index contributed by atoms with van der Waals surface area (Å²) in [7, 11) is 0. The number of hydrogen-bond acceptors (Lipinski definition) is 2. The van der Waals surface area contributed by atoms with Crippen molar-refractivity contribution in [3.63, 3.8) is 0 Å². The van der Waals surface area contributed by atoms with Crippen LogP contribution in [0.25, 0.3) is 0 Å². The van der Waals surface area contributed by atoms with Gasteiger partial charge in [0.1, 0.15) is 0 Å². The minimum absolute atomic E-state index is 0.595. The first-order valence-electron chi connectivity index (χ1n) is 5.99. The van der Waals surface area contributed by atoms with Gasteiger partial charge in [-0.3, -0.25) is 0 Å². The highest BCUT2D eigenvalue weighted by atomic mass is 16.3. The van der Waals surface area contributed by atoms with E-state index in [0.29, 0.717) is 0 Å². The summed E-state index contributed by atoms with van der Waals surface area (Å²) in [6.07, 6.45) is 1.79. The van der Waals surface area contributed by atoms with Gasteiger partial charge in [-0.25, -0.2) is 0 Å². The molecule has 0 atom stereocenters. The lowest BCUT2D eigenvalue weighted by molar-refractivity contribution is 0.0748. The van der Waals surface area contributed by atoms with Crippen molar-refractivity contribution in [2.24, 2.45) is 0 Å². The molecular weight excluding hydrogens is 198 g/mol. The molecule has 0 amide bonds. The second-order valence-corrected chi connectivity index (χ2v) is 4.95. The van der Waals surface area contributed by atoms with E-state index in [4.69, 9.17) is 0 Å². The van der Waals surface area contributed by atoms with Gasteiger partial charge in [0.15, 0.2) is 0 Å². The van der Waals surface area contributed by atoms with E-state index in [2.05, 4.69) is 37.4 Å². The Bertz CT molecular complexity index is 339. The highest BCUT2D eigenvalue weighted by molar-refractivity contribution is 5.57. The molecule has 0 fully saturated rings. The highest BCUT2D eigenvalue weighted by Gasteiger charge is 2.12. The number of anilines is 1. The van der Waals surface area contributed by atoms with Crippen molar-refractivity contribution in [2.75, 3.05) is 11.9 Å². The third-order valence-corrected chi connectivity index (χ3v) is 2.78. The van der Waals surface area contributed by atoms with Gasteiger partial charge in [0.2, 0.25) is 0 Å². The molecule has 1 rings (SSSR count). The fourth-order valence-corrected chi connectivity index (χ4v) is 1.77. The quantitative estimate of drug-likeness (QED) is 0.800. The van der Waals surface area contributed by atoms with Crippen molar-refractivity contribution in [3.05, 3.63) is 29.3 Å². The lowest BCUT2D eigenvalue weighted by Crippen LogP contribution is -2.23. The molecule has 0 saturated carbocycles. The van der Waals surface area contributed by atoms with Crippen LogP contribution in [0.4, 0.5) is 5.69 Å². The van der Waals surface area contributed by atoms with Crippen LogP contribution in [-0.4, -0.2) is 17.3 Å². The van der Waals surface area contributed by atoms with Gasteiger partial charge in [-0.1, -0.05) is 25.1 Å². The first-order valence-corrected chi connectivity index (χ1v) is 5.99. The zero-order chi connectivity index (χ0) is 12.2. The van der Waals surface area contributed by atoms with Gasteiger partial charge in [0, 0.05) is 12.2 Å². The molecule has 2 N–H and O–H groups in total. The number of benzene rings is 1. The lowest BCUT2D eigenvalue weighted by atomic mass is 10.0. The minimum atomic E-state index is -0.595. The van der Waals surface area contributed by atoms with E-state index in [1.165, 1.54) is 16.8 Å². The normalized spacial score (nSPS) is 11.6. The first-order chi connectivity index (χ1) is 7.44. The molecule has 0 aromatic heterocycles. The summed E-state index contributed by atoms with van der Waals surface area (Å²) >= 11 is 0. The Hall–Kier alpha value is -1.02. The third-order valence-electron chi connectivity index (χ3n) is 2.78. The fraction of sp³-hybridized carbons (Fsp3) is 0.571. The third kappa shape index (κ3) is 3.86. The maximum absolute atomic E-state index is 9.65. The van der Waals surface area contributed by atoms with Crippen molar-refractivity contribution in [1.82, 2.24) is 0 Å². The molecule has 16 heavy (non-hydrogen) atoms. The van der Waals surface area contributed by atoms with Gasteiger partial charge in [-0.15, -0.1) is 0 Å². The Morgan fingerprint density at radius 3 is 2.56 bits per heavy atom. The average Bonchev–Trinajstić information content (AvgIpc) is 2.18. The van der Waals surface area contributed by atoms with Crippen LogP contribution in [0, 0.1) is 6.92 Å². The van der Waals surface area contributed by atoms with E-state index < -0.39 is 5.60 Å². The SMILES string of the molecule is CCc1cccc(C)c1NCCC(C)(C)O. The van der Waals surface area contributed by atoms with Gasteiger partial charge in [0.25, 0.3) is 0 Å². The van der Waals surface area contributed by atoms with Crippen molar-refractivity contribution in [3.8, 4) is 0 Å². The molecule has 1 aromatic carbocycles. The Labute approximate surface area is 98.7 Å². The second-order valence-electron chi connectivity index (χ2n) is 4.95. The molecule has 2 nitrogen and oxygen atoms in total. The monoisotopic (exact) mass is 221 g/mol. The second kappa shape index (κ2) is 5.35. The van der Waals surface area contributed by atoms with Crippen LogP contribution in [0.1, 0.15) is 38.3 Å². The lowest BCUT2D eigenvalue weighted by Gasteiger charge is -2.19. The molecule has 0 heterocycles. The summed E-state index contributed by atoms with van der Waals surface area (Å²) in [6.45, 7) is 8.77. The van der Waals surface area contributed by atoms with Crippen LogP contribution in [0.2, 0.25) is 0 Å². The van der Waals surface area contributed by atoms with E-state index in [1.807, 2.05) is 13.8 Å². The fourth-order valence-electron chi connectivity index (χ4n) is 1.77. The van der Waals surface area contributed by atoms with Crippen molar-refractivity contribution in [1.29, 1.82) is 0 Å². The standard InChI is InChI=1S/C14H23NO/c1-5-12-8-6-7-11(2)13(12)15-10-9-14(3,4)16/h6-8,15-16H,5,9-10H2,1-4H3. The Morgan fingerprint density at radius 1 is 1.31 bits per heavy atom. The van der Waals surface area contributed by atoms with Crippen LogP contribution in [0.3, 0.4) is 0 Å². The van der Waals surface area contributed by atoms with E-state index in [-0.39, 0.29) is 0 Å². The summed E-state index contributed by atoms with van der Waals surface area (Å²) in [5, 5.41) is 13.1. The predicted molar refractivity (Wildman–Crippen MR) is 70.0 cm³/mol. The van der Waals surface area contributed by atoms with Gasteiger partial charge < -0.3 is 10.4 Å².